The average Bonchev–Trinajstić information content (AvgIpc) is 2.46. The second-order valence-corrected chi connectivity index (χ2v) is 5.60. The summed E-state index contributed by atoms with van der Waals surface area (Å²) in [5, 5.41) is 18.6. The molecule has 0 aliphatic carbocycles. The second-order valence-electron chi connectivity index (χ2n) is 5.60. The second kappa shape index (κ2) is 6.56. The van der Waals surface area contributed by atoms with Crippen LogP contribution in [0.4, 0.5) is 0 Å². The number of carboxylic acid groups (broad SMARTS) is 1. The van der Waals surface area contributed by atoms with Crippen molar-refractivity contribution in [3.63, 3.8) is 0 Å². The van der Waals surface area contributed by atoms with Crippen molar-refractivity contribution in [3.8, 4) is 5.75 Å². The minimum Gasteiger partial charge on any atom is -0.505 e. The summed E-state index contributed by atoms with van der Waals surface area (Å²) in [5.74, 6) is -1.03. The van der Waals surface area contributed by atoms with Gasteiger partial charge in [-0.3, -0.25) is 9.59 Å². The quantitative estimate of drug-likeness (QED) is 0.882. The van der Waals surface area contributed by atoms with Gasteiger partial charge >= 0.3 is 5.97 Å². The third-order valence-electron chi connectivity index (χ3n) is 4.04. The molecule has 0 saturated carbocycles. The van der Waals surface area contributed by atoms with Crippen molar-refractivity contribution in [2.24, 2.45) is 11.8 Å². The summed E-state index contributed by atoms with van der Waals surface area (Å²) in [6.07, 6.45) is 3.35. The van der Waals surface area contributed by atoms with Gasteiger partial charge in [0, 0.05) is 25.7 Å². The molecule has 1 amide bonds. The zero-order valence-electron chi connectivity index (χ0n) is 12.0. The molecule has 2 atom stereocenters. The highest BCUT2D eigenvalue weighted by Gasteiger charge is 2.30. The molecule has 1 aromatic rings. The van der Waals surface area contributed by atoms with Gasteiger partial charge in [-0.15, -0.1) is 0 Å². The number of amides is 1. The average molecular weight is 292 g/mol. The first-order valence-corrected chi connectivity index (χ1v) is 7.14. The van der Waals surface area contributed by atoms with E-state index in [-0.39, 0.29) is 35.6 Å². The third-order valence-corrected chi connectivity index (χ3v) is 4.04. The van der Waals surface area contributed by atoms with Crippen molar-refractivity contribution < 1.29 is 19.8 Å². The van der Waals surface area contributed by atoms with Crippen molar-refractivity contribution in [2.75, 3.05) is 13.1 Å². The molecule has 6 heteroatoms. The SMILES string of the molecule is CC(CC(=O)O)C1CCCN(C(=O)c2ncccc2O)C1. The fraction of sp³-hybridized carbons (Fsp3) is 0.533. The number of pyridine rings is 1. The number of nitrogens with zero attached hydrogens (tertiary/aromatic N) is 2. The number of piperidine rings is 1. The van der Waals surface area contributed by atoms with E-state index in [0.29, 0.717) is 13.1 Å². The predicted octanol–water partition coefficient (Wildman–Crippen LogP) is 1.75. The Balaban J connectivity index is 2.05. The molecule has 1 aliphatic heterocycles. The minimum atomic E-state index is -0.812. The van der Waals surface area contributed by atoms with Gasteiger partial charge in [-0.1, -0.05) is 6.92 Å². The van der Waals surface area contributed by atoms with Crippen LogP contribution in [0.3, 0.4) is 0 Å². The molecule has 114 valence electrons. The number of carbonyl (C=O) groups is 2. The number of rotatable bonds is 4. The number of carboxylic acids is 1. The van der Waals surface area contributed by atoms with E-state index in [1.807, 2.05) is 6.92 Å². The topological polar surface area (TPSA) is 90.7 Å². The molecule has 2 unspecified atom stereocenters. The Morgan fingerprint density at radius 1 is 1.52 bits per heavy atom. The maximum absolute atomic E-state index is 12.4. The van der Waals surface area contributed by atoms with Crippen LogP contribution in [0.5, 0.6) is 5.75 Å². The molecular weight excluding hydrogens is 272 g/mol. The van der Waals surface area contributed by atoms with Crippen LogP contribution in [0.15, 0.2) is 18.3 Å². The summed E-state index contributed by atoms with van der Waals surface area (Å²) >= 11 is 0. The Bertz CT molecular complexity index is 532. The summed E-state index contributed by atoms with van der Waals surface area (Å²) in [5.41, 5.74) is 0.0593. The van der Waals surface area contributed by atoms with Gasteiger partial charge in [-0.05, 0) is 36.8 Å². The summed E-state index contributed by atoms with van der Waals surface area (Å²) in [6, 6.07) is 3.01. The molecule has 0 aromatic carbocycles. The van der Waals surface area contributed by atoms with Crippen LogP contribution in [0, 0.1) is 11.8 Å². The van der Waals surface area contributed by atoms with E-state index in [4.69, 9.17) is 5.11 Å². The molecule has 1 saturated heterocycles. The Hall–Kier alpha value is -2.11. The lowest BCUT2D eigenvalue weighted by molar-refractivity contribution is -0.138. The Morgan fingerprint density at radius 2 is 2.29 bits per heavy atom. The van der Waals surface area contributed by atoms with Gasteiger partial charge in [0.25, 0.3) is 5.91 Å². The Kier molecular flexibility index (Phi) is 4.77. The maximum atomic E-state index is 12.4. The fourth-order valence-corrected chi connectivity index (χ4v) is 2.81. The molecule has 1 aliphatic rings. The minimum absolute atomic E-state index is 0.0235. The summed E-state index contributed by atoms with van der Waals surface area (Å²) < 4.78 is 0. The third kappa shape index (κ3) is 3.71. The molecule has 1 fully saturated rings. The zero-order valence-corrected chi connectivity index (χ0v) is 12.0. The van der Waals surface area contributed by atoms with Crippen LogP contribution in [-0.2, 0) is 4.79 Å². The number of aromatic hydroxyl groups is 1. The van der Waals surface area contributed by atoms with Gasteiger partial charge in [0.05, 0.1) is 0 Å². The van der Waals surface area contributed by atoms with E-state index < -0.39 is 5.97 Å². The molecular formula is C15H20N2O4. The number of aromatic nitrogens is 1. The number of hydrogen-bond acceptors (Lipinski definition) is 4. The molecule has 2 heterocycles. The maximum Gasteiger partial charge on any atom is 0.303 e. The molecule has 2 N–H and O–H groups in total. The summed E-state index contributed by atoms with van der Waals surface area (Å²) in [6.45, 7) is 3.04. The lowest BCUT2D eigenvalue weighted by Crippen LogP contribution is -2.42. The van der Waals surface area contributed by atoms with Crippen molar-refractivity contribution in [2.45, 2.75) is 26.2 Å². The van der Waals surface area contributed by atoms with Gasteiger partial charge in [0.1, 0.15) is 5.75 Å². The number of hydrogen-bond donors (Lipinski definition) is 2. The molecule has 0 radical (unpaired) electrons. The van der Waals surface area contributed by atoms with Crippen LogP contribution in [0.1, 0.15) is 36.7 Å². The van der Waals surface area contributed by atoms with E-state index in [0.717, 1.165) is 12.8 Å². The van der Waals surface area contributed by atoms with Crippen molar-refractivity contribution in [1.29, 1.82) is 0 Å². The smallest absolute Gasteiger partial charge is 0.303 e. The number of likely N-dealkylation sites (tertiary alicyclic amines) is 1. The van der Waals surface area contributed by atoms with Crippen molar-refractivity contribution in [1.82, 2.24) is 9.88 Å². The van der Waals surface area contributed by atoms with Crippen LogP contribution in [-0.4, -0.2) is 45.1 Å². The van der Waals surface area contributed by atoms with E-state index >= 15 is 0 Å². The van der Waals surface area contributed by atoms with Gasteiger partial charge in [-0.2, -0.15) is 0 Å². The first-order chi connectivity index (χ1) is 9.99. The van der Waals surface area contributed by atoms with Crippen LogP contribution < -0.4 is 0 Å². The van der Waals surface area contributed by atoms with Crippen LogP contribution in [0.2, 0.25) is 0 Å². The molecule has 2 rings (SSSR count). The summed E-state index contributed by atoms with van der Waals surface area (Å²) in [4.78, 5) is 28.8. The molecule has 0 spiro atoms. The van der Waals surface area contributed by atoms with E-state index in [1.165, 1.54) is 12.3 Å². The first kappa shape index (κ1) is 15.3. The lowest BCUT2D eigenvalue weighted by Gasteiger charge is -2.35. The molecule has 1 aromatic heterocycles. The standard InChI is InChI=1S/C15H20N2O4/c1-10(8-13(19)20)11-4-3-7-17(9-11)15(21)14-12(18)5-2-6-16-14/h2,5-6,10-11,18H,3-4,7-9H2,1H3,(H,19,20). The predicted molar refractivity (Wildman–Crippen MR) is 75.9 cm³/mol. The first-order valence-electron chi connectivity index (χ1n) is 7.14. The Labute approximate surface area is 123 Å². The monoisotopic (exact) mass is 292 g/mol. The van der Waals surface area contributed by atoms with Crippen LogP contribution >= 0.6 is 0 Å². The highest BCUT2D eigenvalue weighted by Crippen LogP contribution is 2.27. The zero-order chi connectivity index (χ0) is 15.4. The van der Waals surface area contributed by atoms with E-state index in [1.54, 1.807) is 11.0 Å². The van der Waals surface area contributed by atoms with Gasteiger partial charge in [0.15, 0.2) is 5.69 Å². The van der Waals surface area contributed by atoms with E-state index in [2.05, 4.69) is 4.98 Å². The van der Waals surface area contributed by atoms with Crippen LogP contribution in [0.25, 0.3) is 0 Å². The van der Waals surface area contributed by atoms with Crippen molar-refractivity contribution in [3.05, 3.63) is 24.0 Å². The number of carbonyl (C=O) groups excluding carboxylic acids is 1. The lowest BCUT2D eigenvalue weighted by atomic mass is 9.84. The normalized spacial score (nSPS) is 20.0. The van der Waals surface area contributed by atoms with Crippen molar-refractivity contribution >= 4 is 11.9 Å². The fourth-order valence-electron chi connectivity index (χ4n) is 2.81. The van der Waals surface area contributed by atoms with E-state index in [9.17, 15) is 14.7 Å². The highest BCUT2D eigenvalue weighted by molar-refractivity contribution is 5.94. The summed E-state index contributed by atoms with van der Waals surface area (Å²) in [7, 11) is 0. The molecule has 6 nitrogen and oxygen atoms in total. The Morgan fingerprint density at radius 3 is 2.95 bits per heavy atom. The van der Waals surface area contributed by atoms with Gasteiger partial charge < -0.3 is 15.1 Å². The molecule has 21 heavy (non-hydrogen) atoms. The van der Waals surface area contributed by atoms with Gasteiger partial charge in [0.2, 0.25) is 0 Å². The van der Waals surface area contributed by atoms with Gasteiger partial charge in [-0.25, -0.2) is 4.98 Å². The largest absolute Gasteiger partial charge is 0.505 e. The highest BCUT2D eigenvalue weighted by atomic mass is 16.4. The number of aliphatic carboxylic acids is 1. The molecule has 0 bridgehead atoms.